The van der Waals surface area contributed by atoms with E-state index in [0.29, 0.717) is 12.2 Å². The summed E-state index contributed by atoms with van der Waals surface area (Å²) in [5, 5.41) is 0. The van der Waals surface area contributed by atoms with E-state index in [1.807, 2.05) is 0 Å². The molecule has 5 atom stereocenters. The molecule has 0 radical (unpaired) electrons. The van der Waals surface area contributed by atoms with E-state index in [2.05, 4.69) is 34.6 Å². The van der Waals surface area contributed by atoms with E-state index in [1.165, 1.54) is 19.3 Å². The summed E-state index contributed by atoms with van der Waals surface area (Å²) in [6.45, 7) is 11.5. The summed E-state index contributed by atoms with van der Waals surface area (Å²) in [5.74, 6) is 2.38. The molecule has 0 aliphatic carbocycles. The molecule has 1 aliphatic heterocycles. The Morgan fingerprint density at radius 1 is 0.857 bits per heavy atom. The third-order valence-electron chi connectivity index (χ3n) is 4.17. The second kappa shape index (κ2) is 5.16. The van der Waals surface area contributed by atoms with Crippen LogP contribution < -0.4 is 0 Å². The Morgan fingerprint density at radius 2 is 1.43 bits per heavy atom. The molecule has 1 rings (SSSR count). The van der Waals surface area contributed by atoms with Crippen molar-refractivity contribution in [2.45, 2.75) is 66.1 Å². The molecular formula is C13H26O. The SMILES string of the molecule is CCC1OC(C)C(CC)C(C)C1CC. The lowest BCUT2D eigenvalue weighted by molar-refractivity contribution is -0.136. The largest absolute Gasteiger partial charge is 0.375 e. The quantitative estimate of drug-likeness (QED) is 0.669. The summed E-state index contributed by atoms with van der Waals surface area (Å²) in [7, 11) is 0. The number of rotatable bonds is 3. The zero-order chi connectivity index (χ0) is 10.7. The molecule has 1 saturated heterocycles. The highest BCUT2D eigenvalue weighted by molar-refractivity contribution is 4.86. The van der Waals surface area contributed by atoms with Crippen molar-refractivity contribution in [3.05, 3.63) is 0 Å². The van der Waals surface area contributed by atoms with Crippen molar-refractivity contribution in [2.75, 3.05) is 0 Å². The van der Waals surface area contributed by atoms with Crippen molar-refractivity contribution in [2.24, 2.45) is 17.8 Å². The fourth-order valence-electron chi connectivity index (χ4n) is 3.30. The molecule has 14 heavy (non-hydrogen) atoms. The predicted octanol–water partition coefficient (Wildman–Crippen LogP) is 3.87. The van der Waals surface area contributed by atoms with E-state index in [0.717, 1.165) is 17.8 Å². The van der Waals surface area contributed by atoms with Crippen LogP contribution in [-0.2, 0) is 4.74 Å². The van der Waals surface area contributed by atoms with Crippen LogP contribution in [0.5, 0.6) is 0 Å². The normalized spacial score (nSPS) is 43.9. The fraction of sp³-hybridized carbons (Fsp3) is 1.00. The first kappa shape index (κ1) is 12.0. The third kappa shape index (κ3) is 2.13. The van der Waals surface area contributed by atoms with Crippen LogP contribution in [0.4, 0.5) is 0 Å². The van der Waals surface area contributed by atoms with Crippen molar-refractivity contribution in [1.29, 1.82) is 0 Å². The molecule has 0 saturated carbocycles. The average Bonchev–Trinajstić information content (AvgIpc) is 2.17. The standard InChI is InChI=1S/C13H26O/c1-6-11-9(4)12(7-2)13(8-3)14-10(11)5/h9-13H,6-8H2,1-5H3. The maximum atomic E-state index is 6.11. The monoisotopic (exact) mass is 198 g/mol. The van der Waals surface area contributed by atoms with Crippen molar-refractivity contribution in [1.82, 2.24) is 0 Å². The molecule has 1 heteroatoms. The van der Waals surface area contributed by atoms with Gasteiger partial charge in [-0.2, -0.15) is 0 Å². The van der Waals surface area contributed by atoms with Gasteiger partial charge in [-0.25, -0.2) is 0 Å². The van der Waals surface area contributed by atoms with E-state index in [4.69, 9.17) is 4.74 Å². The van der Waals surface area contributed by atoms with E-state index in [9.17, 15) is 0 Å². The molecule has 1 heterocycles. The highest BCUT2D eigenvalue weighted by atomic mass is 16.5. The Labute approximate surface area is 89.2 Å². The molecule has 0 amide bonds. The maximum absolute atomic E-state index is 6.11. The molecular weight excluding hydrogens is 172 g/mol. The number of hydrogen-bond acceptors (Lipinski definition) is 1. The lowest BCUT2D eigenvalue weighted by Crippen LogP contribution is -2.44. The summed E-state index contributed by atoms with van der Waals surface area (Å²) in [4.78, 5) is 0. The summed E-state index contributed by atoms with van der Waals surface area (Å²) < 4.78 is 6.11. The van der Waals surface area contributed by atoms with E-state index < -0.39 is 0 Å². The molecule has 1 fully saturated rings. The summed E-state index contributed by atoms with van der Waals surface area (Å²) >= 11 is 0. The number of ether oxygens (including phenoxy) is 1. The lowest BCUT2D eigenvalue weighted by Gasteiger charge is -2.45. The predicted molar refractivity (Wildman–Crippen MR) is 61.4 cm³/mol. The molecule has 0 N–H and O–H groups in total. The van der Waals surface area contributed by atoms with Crippen LogP contribution in [-0.4, -0.2) is 12.2 Å². The van der Waals surface area contributed by atoms with Gasteiger partial charge in [0.25, 0.3) is 0 Å². The van der Waals surface area contributed by atoms with Crippen molar-refractivity contribution < 1.29 is 4.74 Å². The van der Waals surface area contributed by atoms with Gasteiger partial charge in [-0.3, -0.25) is 0 Å². The maximum Gasteiger partial charge on any atom is 0.0607 e. The summed E-state index contributed by atoms with van der Waals surface area (Å²) in [6, 6.07) is 0. The first-order valence-corrected chi connectivity index (χ1v) is 6.31. The molecule has 1 aliphatic rings. The van der Waals surface area contributed by atoms with Gasteiger partial charge in [-0.05, 0) is 31.1 Å². The Balaban J connectivity index is 2.72. The van der Waals surface area contributed by atoms with Gasteiger partial charge in [0.1, 0.15) is 0 Å². The van der Waals surface area contributed by atoms with Gasteiger partial charge in [-0.1, -0.05) is 40.5 Å². The molecule has 0 aromatic rings. The van der Waals surface area contributed by atoms with Crippen molar-refractivity contribution in [3.63, 3.8) is 0 Å². The van der Waals surface area contributed by atoms with Gasteiger partial charge in [0.05, 0.1) is 12.2 Å². The Hall–Kier alpha value is -0.0400. The topological polar surface area (TPSA) is 9.23 Å². The molecule has 84 valence electrons. The van der Waals surface area contributed by atoms with Gasteiger partial charge in [0, 0.05) is 0 Å². The average molecular weight is 198 g/mol. The zero-order valence-electron chi connectivity index (χ0n) is 10.4. The first-order valence-electron chi connectivity index (χ1n) is 6.31. The zero-order valence-corrected chi connectivity index (χ0v) is 10.4. The van der Waals surface area contributed by atoms with Crippen LogP contribution in [0.1, 0.15) is 53.9 Å². The van der Waals surface area contributed by atoms with Crippen LogP contribution >= 0.6 is 0 Å². The Kier molecular flexibility index (Phi) is 4.43. The molecule has 0 spiro atoms. The second-order valence-electron chi connectivity index (χ2n) is 4.79. The molecule has 5 unspecified atom stereocenters. The van der Waals surface area contributed by atoms with Gasteiger partial charge in [0.2, 0.25) is 0 Å². The number of hydrogen-bond donors (Lipinski definition) is 0. The van der Waals surface area contributed by atoms with Gasteiger partial charge < -0.3 is 4.74 Å². The third-order valence-corrected chi connectivity index (χ3v) is 4.17. The van der Waals surface area contributed by atoms with Crippen LogP contribution in [0.15, 0.2) is 0 Å². The van der Waals surface area contributed by atoms with Crippen LogP contribution in [0.2, 0.25) is 0 Å². The van der Waals surface area contributed by atoms with Gasteiger partial charge in [-0.15, -0.1) is 0 Å². The lowest BCUT2D eigenvalue weighted by atomic mass is 9.72. The van der Waals surface area contributed by atoms with E-state index in [-0.39, 0.29) is 0 Å². The van der Waals surface area contributed by atoms with Gasteiger partial charge in [0.15, 0.2) is 0 Å². The van der Waals surface area contributed by atoms with Crippen LogP contribution in [0.3, 0.4) is 0 Å². The summed E-state index contributed by atoms with van der Waals surface area (Å²) in [6.07, 6.45) is 4.66. The molecule has 0 aromatic carbocycles. The van der Waals surface area contributed by atoms with Crippen LogP contribution in [0.25, 0.3) is 0 Å². The van der Waals surface area contributed by atoms with Crippen LogP contribution in [0, 0.1) is 17.8 Å². The highest BCUT2D eigenvalue weighted by Crippen LogP contribution is 2.39. The van der Waals surface area contributed by atoms with Crippen molar-refractivity contribution in [3.8, 4) is 0 Å². The molecule has 1 nitrogen and oxygen atoms in total. The fourth-order valence-corrected chi connectivity index (χ4v) is 3.30. The first-order chi connectivity index (χ1) is 6.65. The highest BCUT2D eigenvalue weighted by Gasteiger charge is 2.38. The second-order valence-corrected chi connectivity index (χ2v) is 4.79. The van der Waals surface area contributed by atoms with E-state index in [1.54, 1.807) is 0 Å². The van der Waals surface area contributed by atoms with Gasteiger partial charge >= 0.3 is 0 Å². The minimum atomic E-state index is 0.461. The molecule has 0 aromatic heterocycles. The smallest absolute Gasteiger partial charge is 0.0607 e. The molecule has 0 bridgehead atoms. The summed E-state index contributed by atoms with van der Waals surface area (Å²) in [5.41, 5.74) is 0. The van der Waals surface area contributed by atoms with Crippen molar-refractivity contribution >= 4 is 0 Å². The Bertz CT molecular complexity index is 167. The minimum Gasteiger partial charge on any atom is -0.375 e. The van der Waals surface area contributed by atoms with E-state index >= 15 is 0 Å². The minimum absolute atomic E-state index is 0.461. The Morgan fingerprint density at radius 3 is 1.86 bits per heavy atom.